The number of nitrogens with two attached hydrogens (primary N) is 1. The molecule has 9 heteroatoms. The number of hydrogen-bond acceptors (Lipinski definition) is 8. The second kappa shape index (κ2) is 11.2. The lowest BCUT2D eigenvalue weighted by Gasteiger charge is -2.06. The van der Waals surface area contributed by atoms with E-state index in [9.17, 15) is 18.8 Å². The molecule has 32 heavy (non-hydrogen) atoms. The van der Waals surface area contributed by atoms with Crippen LogP contribution in [0, 0.1) is 28.6 Å². The third kappa shape index (κ3) is 6.28. The van der Waals surface area contributed by atoms with Gasteiger partial charge in [-0.05, 0) is 63.7 Å². The average molecular weight is 460 g/mol. The summed E-state index contributed by atoms with van der Waals surface area (Å²) in [5, 5.41) is 8.61. The number of hydrogen-bond donors (Lipinski definition) is 2. The average Bonchev–Trinajstić information content (AvgIpc) is 3.73. The third-order valence-corrected chi connectivity index (χ3v) is 6.95. The van der Waals surface area contributed by atoms with E-state index in [-0.39, 0.29) is 35.3 Å². The van der Waals surface area contributed by atoms with Crippen molar-refractivity contribution in [1.29, 1.82) is 0 Å². The largest absolute Gasteiger partial charge is 0.469 e. The van der Waals surface area contributed by atoms with E-state index in [1.54, 1.807) is 0 Å². The summed E-state index contributed by atoms with van der Waals surface area (Å²) >= 11 is 0. The molecule has 0 aromatic rings. The zero-order valence-corrected chi connectivity index (χ0v) is 19.8. The number of halogens is 1. The van der Waals surface area contributed by atoms with Crippen LogP contribution >= 0.6 is 0 Å². The van der Waals surface area contributed by atoms with Crippen molar-refractivity contribution in [3.8, 4) is 0 Å². The Balaban J connectivity index is 0.000000240. The van der Waals surface area contributed by atoms with Crippen LogP contribution < -0.4 is 5.73 Å². The van der Waals surface area contributed by atoms with Crippen LogP contribution in [0.15, 0.2) is 12.7 Å². The first-order chi connectivity index (χ1) is 14.9. The lowest BCUT2D eigenvalue weighted by atomic mass is 10.1. The molecule has 0 saturated heterocycles. The molecule has 0 amide bonds. The van der Waals surface area contributed by atoms with Gasteiger partial charge in [0, 0.05) is 6.61 Å². The van der Waals surface area contributed by atoms with Gasteiger partial charge in [-0.3, -0.25) is 18.8 Å². The molecule has 0 radical (unpaired) electrons. The van der Waals surface area contributed by atoms with Gasteiger partial charge in [-0.25, -0.2) is 0 Å². The molecule has 0 aromatic carbocycles. The van der Waals surface area contributed by atoms with Crippen molar-refractivity contribution < 1.29 is 38.1 Å². The molecule has 0 unspecified atom stereocenters. The molecule has 0 spiro atoms. The van der Waals surface area contributed by atoms with Crippen LogP contribution in [0.3, 0.4) is 0 Å². The van der Waals surface area contributed by atoms with Crippen LogP contribution in [-0.4, -0.2) is 63.2 Å². The number of aliphatic hydroxyl groups excluding tert-OH is 1. The molecule has 0 heterocycles. The van der Waals surface area contributed by atoms with Crippen LogP contribution in [0.5, 0.6) is 0 Å². The molecule has 3 rings (SSSR count). The molecule has 0 bridgehead atoms. The molecular weight excluding hydrogens is 421 g/mol. The van der Waals surface area contributed by atoms with Gasteiger partial charge in [-0.2, -0.15) is 0 Å². The van der Waals surface area contributed by atoms with Gasteiger partial charge in [0.1, 0.15) is 5.54 Å². The minimum atomic E-state index is -0.874. The predicted octanol–water partition coefficient (Wildman–Crippen LogP) is 2.18. The smallest absolute Gasteiger partial charge is 0.326 e. The summed E-state index contributed by atoms with van der Waals surface area (Å²) in [6.07, 6.45) is 5.21. The van der Waals surface area contributed by atoms with Crippen LogP contribution in [0.2, 0.25) is 0 Å². The van der Waals surface area contributed by atoms with E-state index >= 15 is 0 Å². The van der Waals surface area contributed by atoms with E-state index in [0.29, 0.717) is 31.1 Å². The normalized spacial score (nSPS) is 35.6. The van der Waals surface area contributed by atoms with Gasteiger partial charge >= 0.3 is 17.9 Å². The molecule has 3 saturated carbocycles. The highest BCUT2D eigenvalue weighted by Crippen LogP contribution is 2.55. The number of rotatable bonds is 8. The first kappa shape index (κ1) is 28.0. The fraction of sp³-hybridized carbons (Fsp3) is 0.783. The number of alkyl halides is 1. The van der Waals surface area contributed by atoms with E-state index in [1.807, 2.05) is 19.9 Å². The standard InChI is InChI=1S/C8H14O3.C8H12O2.C7H12FNO2/c1-8(7(10)11-2)5-6(8)3-4-9;1-4-6-5-8(6,2)7(9)10-3;1-11-6(10)7(9)4-5(7)2-3-8/h6,9H,3-5H2,1-2H3;4,6H,1,5H2,2-3H3;5H,2-4,9H2,1H3/t2*6-,8+;5-,7-/m111/s1. The highest BCUT2D eigenvalue weighted by molar-refractivity contribution is 5.84. The lowest BCUT2D eigenvalue weighted by molar-refractivity contribution is -0.147. The van der Waals surface area contributed by atoms with Crippen molar-refractivity contribution in [2.75, 3.05) is 34.6 Å². The highest BCUT2D eigenvalue weighted by Gasteiger charge is 2.58. The van der Waals surface area contributed by atoms with Crippen molar-refractivity contribution in [3.63, 3.8) is 0 Å². The Labute approximate surface area is 189 Å². The second-order valence-corrected chi connectivity index (χ2v) is 9.19. The van der Waals surface area contributed by atoms with Crippen LogP contribution in [0.1, 0.15) is 46.0 Å². The van der Waals surface area contributed by atoms with E-state index in [2.05, 4.69) is 20.8 Å². The van der Waals surface area contributed by atoms with Gasteiger partial charge in [0.25, 0.3) is 0 Å². The number of carbonyl (C=O) groups is 3. The van der Waals surface area contributed by atoms with Gasteiger partial charge in [0.2, 0.25) is 0 Å². The molecule has 184 valence electrons. The fourth-order valence-electron chi connectivity index (χ4n) is 4.00. The second-order valence-electron chi connectivity index (χ2n) is 9.19. The summed E-state index contributed by atoms with van der Waals surface area (Å²) in [7, 11) is 4.12. The Kier molecular flexibility index (Phi) is 9.84. The number of allylic oxidation sites excluding steroid dienone is 1. The zero-order chi connectivity index (χ0) is 24.7. The molecule has 6 atom stereocenters. The van der Waals surface area contributed by atoms with Gasteiger partial charge in [-0.15, -0.1) is 6.58 Å². The lowest BCUT2D eigenvalue weighted by Crippen LogP contribution is -2.36. The SMILES string of the molecule is C=C[C@@H]1C[C@]1(C)C(=O)OC.COC(=O)[C@@]1(C)C[C@H]1CCO.COC(=O)[C@@]1(N)C[C@H]1CCF. The van der Waals surface area contributed by atoms with Gasteiger partial charge < -0.3 is 25.1 Å². The number of aliphatic hydroxyl groups is 1. The van der Waals surface area contributed by atoms with Crippen molar-refractivity contribution in [1.82, 2.24) is 0 Å². The van der Waals surface area contributed by atoms with E-state index < -0.39 is 18.2 Å². The Morgan fingerprint density at radius 3 is 1.91 bits per heavy atom. The molecule has 3 N–H and O–H groups in total. The van der Waals surface area contributed by atoms with Crippen LogP contribution in [-0.2, 0) is 28.6 Å². The Hall–Kier alpha value is -2.00. The first-order valence-corrected chi connectivity index (χ1v) is 10.8. The van der Waals surface area contributed by atoms with Gasteiger partial charge in [0.15, 0.2) is 0 Å². The molecule has 3 fully saturated rings. The van der Waals surface area contributed by atoms with E-state index in [4.69, 9.17) is 10.8 Å². The molecule has 0 aliphatic heterocycles. The van der Waals surface area contributed by atoms with Crippen LogP contribution in [0.4, 0.5) is 4.39 Å². The number of methoxy groups -OCH3 is 3. The molecule has 0 aromatic heterocycles. The molecule has 3 aliphatic rings. The van der Waals surface area contributed by atoms with E-state index in [1.165, 1.54) is 21.3 Å². The molecule has 8 nitrogen and oxygen atoms in total. The summed E-state index contributed by atoms with van der Waals surface area (Å²) in [6.45, 7) is 7.17. The fourth-order valence-corrected chi connectivity index (χ4v) is 4.00. The molecular formula is C23H38FNO7. The summed E-state index contributed by atoms with van der Waals surface area (Å²) in [4.78, 5) is 33.0. The monoisotopic (exact) mass is 459 g/mol. The predicted molar refractivity (Wildman–Crippen MR) is 116 cm³/mol. The van der Waals surface area contributed by atoms with Crippen molar-refractivity contribution in [2.45, 2.75) is 51.5 Å². The van der Waals surface area contributed by atoms with Gasteiger partial charge in [-0.1, -0.05) is 6.08 Å². The Morgan fingerprint density at radius 1 is 0.969 bits per heavy atom. The number of esters is 3. The first-order valence-electron chi connectivity index (χ1n) is 10.8. The molecule has 3 aliphatic carbocycles. The zero-order valence-electron chi connectivity index (χ0n) is 19.8. The minimum Gasteiger partial charge on any atom is -0.469 e. The Morgan fingerprint density at radius 2 is 1.50 bits per heavy atom. The van der Waals surface area contributed by atoms with Gasteiger partial charge in [0.05, 0.1) is 38.8 Å². The maximum Gasteiger partial charge on any atom is 0.326 e. The maximum absolute atomic E-state index is 11.8. The summed E-state index contributed by atoms with van der Waals surface area (Å²) in [6, 6.07) is 0. The van der Waals surface area contributed by atoms with Crippen molar-refractivity contribution in [2.24, 2.45) is 34.3 Å². The third-order valence-electron chi connectivity index (χ3n) is 6.95. The Bertz CT molecular complexity index is 664. The summed E-state index contributed by atoms with van der Waals surface area (Å²) < 4.78 is 25.5. The topological polar surface area (TPSA) is 125 Å². The summed E-state index contributed by atoms with van der Waals surface area (Å²) in [5.41, 5.74) is 4.17. The number of ether oxygens (including phenoxy) is 3. The quantitative estimate of drug-likeness (QED) is 0.321. The van der Waals surface area contributed by atoms with Crippen LogP contribution in [0.25, 0.3) is 0 Å². The highest BCUT2D eigenvalue weighted by atomic mass is 19.1. The maximum atomic E-state index is 11.8. The summed E-state index contributed by atoms with van der Waals surface area (Å²) in [5.74, 6) is -0.0239. The van der Waals surface area contributed by atoms with Crippen molar-refractivity contribution >= 4 is 17.9 Å². The minimum absolute atomic E-state index is 0.0139. The number of carbonyl (C=O) groups excluding carboxylic acids is 3. The van der Waals surface area contributed by atoms with Crippen molar-refractivity contribution in [3.05, 3.63) is 12.7 Å². The van der Waals surface area contributed by atoms with E-state index in [0.717, 1.165) is 12.8 Å².